The number of halogens is 2. The summed E-state index contributed by atoms with van der Waals surface area (Å²) < 4.78 is 6.58. The molecule has 7 heteroatoms. The fourth-order valence-corrected chi connectivity index (χ4v) is 4.97. The first-order chi connectivity index (χ1) is 11.5. The van der Waals surface area contributed by atoms with Gasteiger partial charge in [-0.1, -0.05) is 29.8 Å². The fraction of sp³-hybridized carbons (Fsp3) is 0.500. The van der Waals surface area contributed by atoms with Gasteiger partial charge < -0.3 is 15.4 Å². The van der Waals surface area contributed by atoms with Crippen molar-refractivity contribution in [2.24, 2.45) is 11.7 Å². The molecule has 2 aromatic rings. The van der Waals surface area contributed by atoms with Crippen molar-refractivity contribution in [3.05, 3.63) is 34.2 Å². The summed E-state index contributed by atoms with van der Waals surface area (Å²) in [7, 11) is 3.51. The Hall–Kier alpha value is -0.850. The summed E-state index contributed by atoms with van der Waals surface area (Å²) in [5.41, 5.74) is 6.05. The maximum atomic E-state index is 12.8. The van der Waals surface area contributed by atoms with Gasteiger partial charge in [0.05, 0.1) is 17.7 Å². The Morgan fingerprint density at radius 3 is 2.80 bits per heavy atom. The van der Waals surface area contributed by atoms with Crippen molar-refractivity contribution in [3.8, 4) is 0 Å². The fourth-order valence-electron chi connectivity index (χ4n) is 3.42. The van der Waals surface area contributed by atoms with E-state index in [9.17, 15) is 4.79 Å². The summed E-state index contributed by atoms with van der Waals surface area (Å²) in [5, 5.41) is 1.82. The first-order valence-electron chi connectivity index (χ1n) is 8.20. The zero-order valence-corrected chi connectivity index (χ0v) is 16.8. The normalized spacial score (nSPS) is 23.3. The number of rotatable bonds is 4. The molecule has 1 aromatic carbocycles. The van der Waals surface area contributed by atoms with E-state index in [-0.39, 0.29) is 36.4 Å². The van der Waals surface area contributed by atoms with Crippen molar-refractivity contribution in [2.45, 2.75) is 38.0 Å². The molecule has 1 saturated carbocycles. The highest BCUT2D eigenvalue weighted by Crippen LogP contribution is 2.36. The topological polar surface area (TPSA) is 55.6 Å². The molecule has 3 atom stereocenters. The summed E-state index contributed by atoms with van der Waals surface area (Å²) in [6.07, 6.45) is 2.31. The zero-order valence-electron chi connectivity index (χ0n) is 14.4. The number of hydrogen-bond donors (Lipinski definition) is 1. The molecular formula is C18H24Cl2N2O2S. The zero-order chi connectivity index (χ0) is 17.3. The minimum atomic E-state index is -0.0333. The Balaban J connectivity index is 0.00000225. The van der Waals surface area contributed by atoms with Crippen LogP contribution in [-0.4, -0.2) is 37.1 Å². The molecule has 2 N–H and O–H groups in total. The Kier molecular flexibility index (Phi) is 7.11. The molecule has 1 heterocycles. The van der Waals surface area contributed by atoms with E-state index in [0.717, 1.165) is 32.8 Å². The first kappa shape index (κ1) is 20.5. The Morgan fingerprint density at radius 2 is 2.12 bits per heavy atom. The van der Waals surface area contributed by atoms with Crippen LogP contribution in [0.15, 0.2) is 24.3 Å². The second-order valence-corrected chi connectivity index (χ2v) is 7.99. The van der Waals surface area contributed by atoms with Crippen molar-refractivity contribution in [3.63, 3.8) is 0 Å². The van der Waals surface area contributed by atoms with Crippen molar-refractivity contribution in [1.82, 2.24) is 4.90 Å². The third-order valence-electron chi connectivity index (χ3n) is 4.85. The van der Waals surface area contributed by atoms with Gasteiger partial charge in [0.2, 0.25) is 5.91 Å². The lowest BCUT2D eigenvalue weighted by molar-refractivity contribution is -0.137. The molecule has 4 nitrogen and oxygen atoms in total. The van der Waals surface area contributed by atoms with Gasteiger partial charge in [-0.05, 0) is 25.3 Å². The van der Waals surface area contributed by atoms with Crippen LogP contribution in [0.3, 0.4) is 0 Å². The second kappa shape index (κ2) is 8.69. The smallest absolute Gasteiger partial charge is 0.225 e. The predicted molar refractivity (Wildman–Crippen MR) is 107 cm³/mol. The van der Waals surface area contributed by atoms with Crippen LogP contribution in [-0.2, 0) is 16.1 Å². The van der Waals surface area contributed by atoms with E-state index in [1.54, 1.807) is 23.3 Å². The highest BCUT2D eigenvalue weighted by atomic mass is 35.5. The van der Waals surface area contributed by atoms with Gasteiger partial charge in [-0.15, -0.1) is 23.7 Å². The van der Waals surface area contributed by atoms with E-state index in [2.05, 4.69) is 6.07 Å². The second-order valence-electron chi connectivity index (χ2n) is 6.48. The molecular weight excluding hydrogens is 379 g/mol. The minimum absolute atomic E-state index is 0. The largest absolute Gasteiger partial charge is 0.380 e. The number of benzene rings is 1. The molecule has 25 heavy (non-hydrogen) atoms. The Labute approximate surface area is 163 Å². The van der Waals surface area contributed by atoms with E-state index >= 15 is 0 Å². The van der Waals surface area contributed by atoms with Crippen LogP contribution >= 0.6 is 35.3 Å². The van der Waals surface area contributed by atoms with E-state index < -0.39 is 0 Å². The molecule has 1 fully saturated rings. The number of amides is 1. The minimum Gasteiger partial charge on any atom is -0.380 e. The first-order valence-corrected chi connectivity index (χ1v) is 9.40. The molecule has 0 aliphatic heterocycles. The number of ether oxygens (including phenoxy) is 1. The Bertz CT molecular complexity index is 737. The Morgan fingerprint density at radius 1 is 1.40 bits per heavy atom. The summed E-state index contributed by atoms with van der Waals surface area (Å²) in [5.74, 6) is 0.130. The average molecular weight is 403 g/mol. The third kappa shape index (κ3) is 4.29. The van der Waals surface area contributed by atoms with Crippen LogP contribution < -0.4 is 5.73 Å². The number of nitrogens with two attached hydrogens (primary N) is 1. The van der Waals surface area contributed by atoms with Gasteiger partial charge in [0, 0.05) is 41.1 Å². The summed E-state index contributed by atoms with van der Waals surface area (Å²) in [4.78, 5) is 15.6. The molecule has 138 valence electrons. The van der Waals surface area contributed by atoms with Crippen molar-refractivity contribution < 1.29 is 9.53 Å². The molecule has 3 rings (SSSR count). The molecule has 0 saturated heterocycles. The van der Waals surface area contributed by atoms with Gasteiger partial charge >= 0.3 is 0 Å². The van der Waals surface area contributed by atoms with Crippen molar-refractivity contribution in [2.75, 3.05) is 14.2 Å². The number of nitrogens with zero attached hydrogens (tertiary/aromatic N) is 1. The molecule has 1 aromatic heterocycles. The van der Waals surface area contributed by atoms with Crippen LogP contribution in [0.4, 0.5) is 0 Å². The number of methoxy groups -OCH3 is 1. The molecule has 0 radical (unpaired) electrons. The third-order valence-corrected chi connectivity index (χ3v) is 6.55. The van der Waals surface area contributed by atoms with E-state index in [1.807, 2.05) is 25.2 Å². The quantitative estimate of drug-likeness (QED) is 0.837. The predicted octanol–water partition coefficient (Wildman–Crippen LogP) is 4.08. The SMILES string of the molecule is CO[C@@H]1C[C@@H](C(=O)N(C)Cc2sc3ccccc3c2Cl)CC[C@H]1N.Cl. The molecule has 0 bridgehead atoms. The van der Waals surface area contributed by atoms with E-state index in [1.165, 1.54) is 0 Å². The number of hydrogen-bond acceptors (Lipinski definition) is 4. The van der Waals surface area contributed by atoms with Crippen LogP contribution in [0, 0.1) is 5.92 Å². The van der Waals surface area contributed by atoms with Crippen LogP contribution in [0.5, 0.6) is 0 Å². The summed E-state index contributed by atoms with van der Waals surface area (Å²) >= 11 is 8.14. The van der Waals surface area contributed by atoms with Gasteiger partial charge in [0.25, 0.3) is 0 Å². The molecule has 1 aliphatic carbocycles. The summed E-state index contributed by atoms with van der Waals surface area (Å²) in [6.45, 7) is 0.539. The molecule has 0 spiro atoms. The molecule has 0 unspecified atom stereocenters. The number of fused-ring (bicyclic) bond motifs is 1. The van der Waals surface area contributed by atoms with Gasteiger partial charge in [-0.2, -0.15) is 0 Å². The van der Waals surface area contributed by atoms with Crippen molar-refractivity contribution in [1.29, 1.82) is 0 Å². The lowest BCUT2D eigenvalue weighted by atomic mass is 9.83. The van der Waals surface area contributed by atoms with Crippen LogP contribution in [0.1, 0.15) is 24.1 Å². The maximum absolute atomic E-state index is 12.8. The highest BCUT2D eigenvalue weighted by molar-refractivity contribution is 7.19. The number of carbonyl (C=O) groups excluding carboxylic acids is 1. The van der Waals surface area contributed by atoms with Gasteiger partial charge in [0.1, 0.15) is 0 Å². The average Bonchev–Trinajstić information content (AvgIpc) is 2.91. The lowest BCUT2D eigenvalue weighted by Gasteiger charge is -2.34. The number of carbonyl (C=O) groups is 1. The molecule has 1 aliphatic rings. The number of thiophene rings is 1. The molecule has 1 amide bonds. The standard InChI is InChI=1S/C18H23ClN2O2S.ClH/c1-21(18(22)11-7-8-13(20)14(9-11)23-2)10-16-17(19)12-5-3-4-6-15(12)24-16;/h3-6,11,13-14H,7-10,20H2,1-2H3;1H/t11-,13+,14+;/m0./s1. The highest BCUT2D eigenvalue weighted by Gasteiger charge is 2.33. The van der Waals surface area contributed by atoms with E-state index in [4.69, 9.17) is 22.1 Å². The van der Waals surface area contributed by atoms with Crippen LogP contribution in [0.2, 0.25) is 5.02 Å². The van der Waals surface area contributed by atoms with Gasteiger partial charge in [-0.3, -0.25) is 4.79 Å². The van der Waals surface area contributed by atoms with Gasteiger partial charge in [0.15, 0.2) is 0 Å². The monoisotopic (exact) mass is 402 g/mol. The van der Waals surface area contributed by atoms with Crippen LogP contribution in [0.25, 0.3) is 10.1 Å². The maximum Gasteiger partial charge on any atom is 0.225 e. The van der Waals surface area contributed by atoms with Crippen molar-refractivity contribution >= 4 is 51.3 Å². The summed E-state index contributed by atoms with van der Waals surface area (Å²) in [6, 6.07) is 8.09. The lowest BCUT2D eigenvalue weighted by Crippen LogP contribution is -2.45. The van der Waals surface area contributed by atoms with E-state index in [0.29, 0.717) is 13.0 Å². The van der Waals surface area contributed by atoms with Gasteiger partial charge in [-0.25, -0.2) is 0 Å².